The van der Waals surface area contributed by atoms with Gasteiger partial charge in [-0.1, -0.05) is 36.4 Å². The second kappa shape index (κ2) is 10.6. The Labute approximate surface area is 249 Å². The van der Waals surface area contributed by atoms with Crippen molar-refractivity contribution in [1.29, 1.82) is 5.26 Å². The molecule has 2 atom stereocenters. The Morgan fingerprint density at radius 2 is 1.64 bits per heavy atom. The van der Waals surface area contributed by atoms with Crippen LogP contribution < -0.4 is 4.90 Å². The summed E-state index contributed by atoms with van der Waals surface area (Å²) in [5.74, 6) is 2.27. The van der Waals surface area contributed by atoms with Crippen LogP contribution in [0.1, 0.15) is 75.0 Å². The highest BCUT2D eigenvalue weighted by Crippen LogP contribution is 2.52. The smallest absolute Gasteiger partial charge is 0.128 e. The summed E-state index contributed by atoms with van der Waals surface area (Å²) < 4.78 is 0. The monoisotopic (exact) mass is 559 g/mol. The fourth-order valence-electron chi connectivity index (χ4n) is 7.61. The third kappa shape index (κ3) is 5.14. The molecule has 1 spiro atoms. The van der Waals surface area contributed by atoms with Crippen molar-refractivity contribution in [2.45, 2.75) is 69.9 Å². The van der Waals surface area contributed by atoms with E-state index in [1.165, 1.54) is 49.7 Å². The number of rotatable bonds is 5. The van der Waals surface area contributed by atoms with Gasteiger partial charge in [-0.05, 0) is 106 Å². The highest BCUT2D eigenvalue weighted by Gasteiger charge is 2.45. The Hall–Kier alpha value is -3.53. The van der Waals surface area contributed by atoms with E-state index in [0.717, 1.165) is 54.7 Å². The van der Waals surface area contributed by atoms with Gasteiger partial charge in [-0.15, -0.1) is 0 Å². The van der Waals surface area contributed by atoms with E-state index in [2.05, 4.69) is 63.5 Å². The van der Waals surface area contributed by atoms with Crippen molar-refractivity contribution in [2.24, 2.45) is 16.3 Å². The topological polar surface area (TPSA) is 75.8 Å². The number of pyridine rings is 1. The summed E-state index contributed by atoms with van der Waals surface area (Å²) in [4.78, 5) is 15.0. The zero-order valence-corrected chi connectivity index (χ0v) is 24.8. The molecular formula is C36H41N5O. The highest BCUT2D eigenvalue weighted by molar-refractivity contribution is 5.86. The van der Waals surface area contributed by atoms with Gasteiger partial charge in [0, 0.05) is 42.5 Å². The molecule has 216 valence electrons. The molecule has 2 saturated heterocycles. The highest BCUT2D eigenvalue weighted by atomic mass is 16.3. The van der Waals surface area contributed by atoms with E-state index in [4.69, 9.17) is 4.99 Å². The summed E-state index contributed by atoms with van der Waals surface area (Å²) in [6.07, 6.45) is 11.7. The van der Waals surface area contributed by atoms with Crippen molar-refractivity contribution in [3.05, 3.63) is 77.5 Å². The average Bonchev–Trinajstić information content (AvgIpc) is 3.86. The third-order valence-electron chi connectivity index (χ3n) is 10.5. The summed E-state index contributed by atoms with van der Waals surface area (Å²) in [6, 6.07) is 21.3. The maximum Gasteiger partial charge on any atom is 0.128 e. The number of nitrogens with zero attached hydrogens (tertiary/aromatic N) is 5. The van der Waals surface area contributed by atoms with E-state index < -0.39 is 5.60 Å². The summed E-state index contributed by atoms with van der Waals surface area (Å²) in [7, 11) is 0. The van der Waals surface area contributed by atoms with Crippen LogP contribution in [0.2, 0.25) is 0 Å². The van der Waals surface area contributed by atoms with Crippen LogP contribution in [0.4, 0.5) is 11.5 Å². The number of anilines is 1. The molecular weight excluding hydrogens is 518 g/mol. The van der Waals surface area contributed by atoms with Crippen LogP contribution in [0, 0.1) is 22.7 Å². The van der Waals surface area contributed by atoms with Gasteiger partial charge < -0.3 is 10.0 Å². The van der Waals surface area contributed by atoms with E-state index in [1.807, 2.05) is 24.4 Å². The first-order valence-electron chi connectivity index (χ1n) is 15.7. The zero-order chi connectivity index (χ0) is 28.9. The summed E-state index contributed by atoms with van der Waals surface area (Å²) in [5.41, 5.74) is 5.95. The van der Waals surface area contributed by atoms with Crippen LogP contribution in [0.25, 0.3) is 11.1 Å². The first kappa shape index (κ1) is 27.3. The Kier molecular flexibility index (Phi) is 6.91. The van der Waals surface area contributed by atoms with Gasteiger partial charge >= 0.3 is 0 Å². The van der Waals surface area contributed by atoms with Crippen molar-refractivity contribution in [3.8, 4) is 17.2 Å². The minimum Gasteiger partial charge on any atom is -0.386 e. The number of benzene rings is 2. The predicted octanol–water partition coefficient (Wildman–Crippen LogP) is 6.81. The first-order valence-corrected chi connectivity index (χ1v) is 15.7. The van der Waals surface area contributed by atoms with Gasteiger partial charge in [0.2, 0.25) is 0 Å². The van der Waals surface area contributed by atoms with Crippen LogP contribution in [0.3, 0.4) is 0 Å². The summed E-state index contributed by atoms with van der Waals surface area (Å²) >= 11 is 0. The Morgan fingerprint density at radius 1 is 0.929 bits per heavy atom. The lowest BCUT2D eigenvalue weighted by molar-refractivity contribution is 0.0623. The number of nitriles is 1. The standard InChI is InChI=1S/C36H41N5O/c1-35(2,42)28-12-13-32(38-23-28)41-20-16-36(17-21-41)14-18-40(19-15-36)31-24-39-34-29(26-8-6-25(22-37)7-9-26)4-3-5-30(34)33(31)27-10-11-27/h3-9,12-13,23-24,27,31,33,42H,10-11,14-21H2,1-2H3. The van der Waals surface area contributed by atoms with Crippen molar-refractivity contribution in [2.75, 3.05) is 31.1 Å². The van der Waals surface area contributed by atoms with Gasteiger partial charge in [0.25, 0.3) is 0 Å². The minimum atomic E-state index is -0.859. The van der Waals surface area contributed by atoms with Gasteiger partial charge in [-0.2, -0.15) is 5.26 Å². The van der Waals surface area contributed by atoms with Crippen molar-refractivity contribution < 1.29 is 5.11 Å². The predicted molar refractivity (Wildman–Crippen MR) is 168 cm³/mol. The molecule has 1 N–H and O–H groups in total. The van der Waals surface area contributed by atoms with E-state index in [-0.39, 0.29) is 0 Å². The number of aliphatic imine (C=N–C) groups is 1. The van der Waals surface area contributed by atoms with E-state index in [1.54, 1.807) is 13.8 Å². The number of fused-ring (bicyclic) bond motifs is 1. The third-order valence-corrected chi connectivity index (χ3v) is 10.5. The van der Waals surface area contributed by atoms with Crippen molar-refractivity contribution in [1.82, 2.24) is 9.88 Å². The van der Waals surface area contributed by atoms with Crippen LogP contribution in [-0.2, 0) is 5.60 Å². The van der Waals surface area contributed by atoms with Gasteiger partial charge in [0.1, 0.15) is 5.82 Å². The average molecular weight is 560 g/mol. The Morgan fingerprint density at radius 3 is 2.26 bits per heavy atom. The lowest BCUT2D eigenvalue weighted by atomic mass is 9.70. The molecule has 4 heterocycles. The molecule has 3 aromatic rings. The van der Waals surface area contributed by atoms with Gasteiger partial charge in [-0.3, -0.25) is 9.89 Å². The lowest BCUT2D eigenvalue weighted by Gasteiger charge is -2.49. The number of aromatic nitrogens is 1. The molecule has 6 heteroatoms. The number of para-hydroxylation sites is 1. The zero-order valence-electron chi connectivity index (χ0n) is 24.8. The second-order valence-corrected chi connectivity index (χ2v) is 13.6. The lowest BCUT2D eigenvalue weighted by Crippen LogP contribution is -2.51. The molecule has 42 heavy (non-hydrogen) atoms. The van der Waals surface area contributed by atoms with E-state index >= 15 is 0 Å². The number of piperidine rings is 2. The molecule has 6 nitrogen and oxygen atoms in total. The molecule has 0 radical (unpaired) electrons. The van der Waals surface area contributed by atoms with Crippen LogP contribution in [0.5, 0.6) is 0 Å². The molecule has 3 fully saturated rings. The second-order valence-electron chi connectivity index (χ2n) is 13.6. The Balaban J connectivity index is 1.03. The maximum atomic E-state index is 10.3. The first-order chi connectivity index (χ1) is 20.3. The fraction of sp³-hybridized carbons (Fsp3) is 0.472. The largest absolute Gasteiger partial charge is 0.386 e. The fourth-order valence-corrected chi connectivity index (χ4v) is 7.61. The summed E-state index contributed by atoms with van der Waals surface area (Å²) in [6.45, 7) is 8.00. The van der Waals surface area contributed by atoms with E-state index in [9.17, 15) is 10.4 Å². The molecule has 1 aliphatic carbocycles. The number of likely N-dealkylation sites (tertiary alicyclic amines) is 1. The molecule has 1 saturated carbocycles. The number of hydrogen-bond donors (Lipinski definition) is 1. The summed E-state index contributed by atoms with van der Waals surface area (Å²) in [5, 5.41) is 19.5. The SMILES string of the molecule is CC(C)(O)c1ccc(N2CCC3(CC2)CCN(C2C=Nc4c(-c5ccc(C#N)cc5)cccc4C2C2CC2)CC3)nc1. The molecule has 4 aliphatic rings. The molecule has 0 amide bonds. The van der Waals surface area contributed by atoms with Gasteiger partial charge in [0.15, 0.2) is 0 Å². The number of aliphatic hydroxyl groups is 1. The van der Waals surface area contributed by atoms with E-state index in [0.29, 0.717) is 22.9 Å². The Bertz CT molecular complexity index is 1490. The quantitative estimate of drug-likeness (QED) is 0.372. The van der Waals surface area contributed by atoms with Crippen LogP contribution >= 0.6 is 0 Å². The molecule has 2 unspecified atom stereocenters. The maximum absolute atomic E-state index is 10.3. The van der Waals surface area contributed by atoms with Gasteiger partial charge in [0.05, 0.1) is 29.0 Å². The van der Waals surface area contributed by atoms with Crippen molar-refractivity contribution >= 4 is 17.7 Å². The number of hydrogen-bond acceptors (Lipinski definition) is 6. The molecule has 7 rings (SSSR count). The van der Waals surface area contributed by atoms with Crippen LogP contribution in [0.15, 0.2) is 65.8 Å². The molecule has 0 bridgehead atoms. The molecule has 2 aromatic carbocycles. The van der Waals surface area contributed by atoms with Crippen molar-refractivity contribution in [3.63, 3.8) is 0 Å². The van der Waals surface area contributed by atoms with Crippen LogP contribution in [-0.4, -0.2) is 53.4 Å². The van der Waals surface area contributed by atoms with Gasteiger partial charge in [-0.25, -0.2) is 4.98 Å². The normalized spacial score (nSPS) is 23.9. The molecule has 3 aliphatic heterocycles. The molecule has 1 aromatic heterocycles. The minimum absolute atomic E-state index is 0.372.